The number of quaternary nitrogens is 1. The smallest absolute Gasteiger partial charge is 0.306 e. The third kappa shape index (κ3) is 40.5. The molecule has 0 saturated carbocycles. The predicted octanol–water partition coefficient (Wildman–Crippen LogP) is 12.3. The van der Waals surface area contributed by atoms with Crippen LogP contribution in [-0.2, 0) is 28.6 Å². The number of hydrogen-bond acceptors (Lipinski definition) is 7. The van der Waals surface area contributed by atoms with E-state index in [1.807, 2.05) is 0 Å². The number of carboxylic acid groups (broad SMARTS) is 1. The van der Waals surface area contributed by atoms with Gasteiger partial charge in [0.25, 0.3) is 0 Å². The number of aliphatic carboxylic acids is 1. The van der Waals surface area contributed by atoms with Crippen molar-refractivity contribution in [3.05, 3.63) is 48.6 Å². The Labute approximate surface area is 363 Å². The van der Waals surface area contributed by atoms with Gasteiger partial charge in [-0.2, -0.15) is 0 Å². The van der Waals surface area contributed by atoms with Crippen LogP contribution in [0.2, 0.25) is 0 Å². The quantitative estimate of drug-likeness (QED) is 0.0261. The second-order valence-electron chi connectivity index (χ2n) is 17.3. The summed E-state index contributed by atoms with van der Waals surface area (Å²) < 4.78 is 17.2. The van der Waals surface area contributed by atoms with Gasteiger partial charge in [-0.25, -0.2) is 0 Å². The minimum absolute atomic E-state index is 0.0381. The summed E-state index contributed by atoms with van der Waals surface area (Å²) in [5.41, 5.74) is 0. The predicted molar refractivity (Wildman–Crippen MR) is 245 cm³/mol. The fourth-order valence-corrected chi connectivity index (χ4v) is 6.96. The number of carboxylic acids is 1. The van der Waals surface area contributed by atoms with Crippen molar-refractivity contribution in [2.45, 2.75) is 219 Å². The van der Waals surface area contributed by atoms with Gasteiger partial charge in [0.05, 0.1) is 40.3 Å². The maximum Gasteiger partial charge on any atom is 0.306 e. The normalized spacial score (nSPS) is 13.3. The van der Waals surface area contributed by atoms with Crippen LogP contribution in [0.3, 0.4) is 0 Å². The van der Waals surface area contributed by atoms with E-state index in [0.29, 0.717) is 12.8 Å². The summed E-state index contributed by atoms with van der Waals surface area (Å²) in [6, 6.07) is -0.727. The van der Waals surface area contributed by atoms with Crippen LogP contribution >= 0.6 is 0 Å². The van der Waals surface area contributed by atoms with Gasteiger partial charge in [0.15, 0.2) is 6.10 Å². The highest BCUT2D eigenvalue weighted by Gasteiger charge is 2.25. The molecule has 0 spiro atoms. The summed E-state index contributed by atoms with van der Waals surface area (Å²) in [5.74, 6) is -1.74. The van der Waals surface area contributed by atoms with Crippen molar-refractivity contribution in [3.63, 3.8) is 0 Å². The summed E-state index contributed by atoms with van der Waals surface area (Å²) in [6.07, 6.45) is 49.9. The van der Waals surface area contributed by atoms with Crippen molar-refractivity contribution >= 4 is 17.9 Å². The van der Waals surface area contributed by atoms with E-state index in [9.17, 15) is 19.5 Å². The Morgan fingerprint density at radius 3 is 1.42 bits per heavy atom. The molecule has 0 amide bonds. The van der Waals surface area contributed by atoms with Gasteiger partial charge in [-0.05, 0) is 70.6 Å². The average Bonchev–Trinajstić information content (AvgIpc) is 3.19. The molecule has 342 valence electrons. The molecule has 0 bridgehead atoms. The van der Waals surface area contributed by atoms with E-state index >= 15 is 0 Å². The molecule has 2 unspecified atom stereocenters. The Kier molecular flexibility index (Phi) is 40.1. The van der Waals surface area contributed by atoms with Crippen LogP contribution < -0.4 is 5.11 Å². The second-order valence-corrected chi connectivity index (χ2v) is 17.3. The largest absolute Gasteiger partial charge is 0.544 e. The van der Waals surface area contributed by atoms with Gasteiger partial charge in [-0.15, -0.1) is 0 Å². The van der Waals surface area contributed by atoms with Crippen LogP contribution in [0.5, 0.6) is 0 Å². The molecule has 2 atom stereocenters. The SMILES string of the molecule is CC/C=C/C/C=C/C/C=C/CCCCCCCCCCCCC(=O)OC(COCCC(C(=O)[O-])[N+](C)(C)C)COC(=O)CCCCCCCCC/C=C/CCCCCC. The van der Waals surface area contributed by atoms with E-state index in [1.165, 1.54) is 116 Å². The van der Waals surface area contributed by atoms with E-state index in [2.05, 4.69) is 62.5 Å². The Hall–Kier alpha value is -2.71. The lowest BCUT2D eigenvalue weighted by molar-refractivity contribution is -0.889. The molecule has 8 heteroatoms. The topological polar surface area (TPSA) is 102 Å². The number of esters is 2. The van der Waals surface area contributed by atoms with Crippen molar-refractivity contribution in [2.24, 2.45) is 0 Å². The highest BCUT2D eigenvalue weighted by molar-refractivity contribution is 5.70. The summed E-state index contributed by atoms with van der Waals surface area (Å²) in [4.78, 5) is 37.0. The lowest BCUT2D eigenvalue weighted by Gasteiger charge is -2.34. The molecule has 0 aromatic heterocycles. The molecule has 0 radical (unpaired) electrons. The maximum atomic E-state index is 12.8. The molecule has 0 heterocycles. The maximum absolute atomic E-state index is 12.8. The van der Waals surface area contributed by atoms with Crippen molar-refractivity contribution in [1.29, 1.82) is 0 Å². The number of carbonyl (C=O) groups excluding carboxylic acids is 3. The molecule has 0 N–H and O–H groups in total. The van der Waals surface area contributed by atoms with Gasteiger partial charge >= 0.3 is 11.9 Å². The Morgan fingerprint density at radius 1 is 0.525 bits per heavy atom. The van der Waals surface area contributed by atoms with E-state index in [1.54, 1.807) is 21.1 Å². The molecule has 0 aliphatic rings. The van der Waals surface area contributed by atoms with Crippen LogP contribution in [0.4, 0.5) is 0 Å². The number of nitrogens with zero attached hydrogens (tertiary/aromatic N) is 1. The first-order valence-electron chi connectivity index (χ1n) is 24.2. The monoisotopic (exact) mass is 830 g/mol. The van der Waals surface area contributed by atoms with Gasteiger partial charge in [0.2, 0.25) is 0 Å². The molecule has 8 nitrogen and oxygen atoms in total. The Morgan fingerprint density at radius 2 is 0.949 bits per heavy atom. The number of likely N-dealkylation sites (N-methyl/N-ethyl adjacent to an activating group) is 1. The summed E-state index contributed by atoms with van der Waals surface area (Å²) in [7, 11) is 5.41. The third-order valence-electron chi connectivity index (χ3n) is 10.7. The lowest BCUT2D eigenvalue weighted by atomic mass is 10.0. The minimum Gasteiger partial charge on any atom is -0.544 e. The Bertz CT molecular complexity index is 1110. The van der Waals surface area contributed by atoms with E-state index in [0.717, 1.165) is 57.8 Å². The molecule has 0 saturated heterocycles. The van der Waals surface area contributed by atoms with Crippen molar-refractivity contribution in [3.8, 4) is 0 Å². The average molecular weight is 830 g/mol. The highest BCUT2D eigenvalue weighted by atomic mass is 16.6. The number of hydrogen-bond donors (Lipinski definition) is 0. The minimum atomic E-state index is -1.13. The fourth-order valence-electron chi connectivity index (χ4n) is 6.96. The standard InChI is InChI=1S/C51H91NO7/c1-6-8-10-12-14-16-18-20-22-23-24-25-26-28-30-32-34-36-38-40-42-50(54)59-47(45-57-44-43-48(51(55)56)52(3,4)5)46-58-49(53)41-39-37-35-33-31-29-27-21-19-17-15-13-11-9-7-2/h8,10,14,16-17,19-20,22,47-48H,6-7,9,11-13,15,18,21,23-46H2,1-5H3/b10-8+,16-14+,19-17+,22-20+. The summed E-state index contributed by atoms with van der Waals surface area (Å²) >= 11 is 0. The molecule has 0 rings (SSSR count). The molecule has 0 aromatic rings. The zero-order valence-electron chi connectivity index (χ0n) is 38.9. The molecule has 0 aliphatic carbocycles. The fraction of sp³-hybridized carbons (Fsp3) is 0.784. The van der Waals surface area contributed by atoms with Crippen LogP contribution in [0, 0.1) is 0 Å². The second kappa shape index (κ2) is 42.0. The number of ether oxygens (including phenoxy) is 3. The van der Waals surface area contributed by atoms with E-state index in [-0.39, 0.29) is 42.7 Å². The highest BCUT2D eigenvalue weighted by Crippen LogP contribution is 2.15. The van der Waals surface area contributed by atoms with Gasteiger partial charge in [-0.1, -0.05) is 165 Å². The van der Waals surface area contributed by atoms with Crippen LogP contribution in [-0.4, -0.2) is 75.5 Å². The van der Waals surface area contributed by atoms with E-state index in [4.69, 9.17) is 14.2 Å². The first kappa shape index (κ1) is 56.3. The third-order valence-corrected chi connectivity index (χ3v) is 10.7. The van der Waals surface area contributed by atoms with Crippen LogP contribution in [0.1, 0.15) is 206 Å². The summed E-state index contributed by atoms with van der Waals surface area (Å²) in [6.45, 7) is 4.54. The first-order valence-corrected chi connectivity index (χ1v) is 24.2. The van der Waals surface area contributed by atoms with Crippen molar-refractivity contribution in [2.75, 3.05) is 41.0 Å². The van der Waals surface area contributed by atoms with Gasteiger partial charge < -0.3 is 28.6 Å². The number of carbonyl (C=O) groups is 3. The lowest BCUT2D eigenvalue weighted by Crippen LogP contribution is -2.55. The Balaban J connectivity index is 4.28. The van der Waals surface area contributed by atoms with Gasteiger partial charge in [0.1, 0.15) is 12.6 Å². The first-order chi connectivity index (χ1) is 28.6. The number of allylic oxidation sites excluding steroid dienone is 8. The van der Waals surface area contributed by atoms with Crippen molar-refractivity contribution < 1.29 is 38.2 Å². The summed E-state index contributed by atoms with van der Waals surface area (Å²) in [5, 5.41) is 11.6. The molecular formula is C51H91NO7. The van der Waals surface area contributed by atoms with Gasteiger partial charge in [0, 0.05) is 19.3 Å². The molecule has 0 aromatic carbocycles. The molecule has 59 heavy (non-hydrogen) atoms. The van der Waals surface area contributed by atoms with E-state index < -0.39 is 18.1 Å². The van der Waals surface area contributed by atoms with Crippen LogP contribution in [0.15, 0.2) is 48.6 Å². The zero-order valence-corrected chi connectivity index (χ0v) is 38.9. The van der Waals surface area contributed by atoms with Crippen LogP contribution in [0.25, 0.3) is 0 Å². The van der Waals surface area contributed by atoms with Crippen molar-refractivity contribution in [1.82, 2.24) is 0 Å². The molecule has 0 fully saturated rings. The molecule has 0 aliphatic heterocycles. The van der Waals surface area contributed by atoms with Gasteiger partial charge in [-0.3, -0.25) is 9.59 Å². The number of rotatable bonds is 43. The zero-order chi connectivity index (χ0) is 43.5. The number of unbranched alkanes of at least 4 members (excludes halogenated alkanes) is 21. The molecular weight excluding hydrogens is 739 g/mol.